The van der Waals surface area contributed by atoms with Gasteiger partial charge in [0.1, 0.15) is 96.1 Å². The molecule has 4 aromatic carbocycles. The number of aliphatic hydroxyl groups excluding tert-OH is 1. The highest BCUT2D eigenvalue weighted by atomic mass is 33.1. The number of para-hydroxylation sites is 1. The number of hydrogen-bond acceptors (Lipinski definition) is 26. The number of carbonyl (C=O) groups is 18. The van der Waals surface area contributed by atoms with Gasteiger partial charge >= 0.3 is 11.9 Å². The van der Waals surface area contributed by atoms with Crippen molar-refractivity contribution in [2.75, 3.05) is 24.6 Å². The van der Waals surface area contributed by atoms with Gasteiger partial charge in [-0.15, -0.1) is 0 Å². The smallest absolute Gasteiger partial charge is 0.305 e. The molecule has 0 saturated carbocycles. The molecule has 744 valence electrons. The summed E-state index contributed by atoms with van der Waals surface area (Å²) in [5, 5.41) is 93.2. The number of aromatic nitrogens is 5. The van der Waals surface area contributed by atoms with Crippen LogP contribution in [0, 0.1) is 11.8 Å². The second-order valence-corrected chi connectivity index (χ2v) is 36.5. The van der Waals surface area contributed by atoms with Crippen LogP contribution in [0.15, 0.2) is 134 Å². The van der Waals surface area contributed by atoms with Crippen molar-refractivity contribution in [3.63, 3.8) is 0 Å². The Morgan fingerprint density at radius 2 is 1.07 bits per heavy atom. The number of aromatic hydroxyl groups is 2. The van der Waals surface area contributed by atoms with Crippen molar-refractivity contribution < 1.29 is 112 Å². The first kappa shape index (κ1) is 109. The number of H-pyrrole nitrogens is 3. The largest absolute Gasteiger partial charge is 0.508 e. The number of phenols is 2. The number of fused-ring (bicyclic) bond motifs is 1. The minimum absolute atomic E-state index is 0.0329. The Kier molecular flexibility index (Phi) is 42.8. The molecule has 47 heteroatoms. The topological polar surface area (TPSA) is 700 Å². The Bertz CT molecular complexity index is 5330. The Balaban J connectivity index is 1.21. The molecule has 0 spiro atoms. The zero-order chi connectivity index (χ0) is 101. The summed E-state index contributed by atoms with van der Waals surface area (Å²) in [5.41, 5.74) is 8.82. The van der Waals surface area contributed by atoms with Crippen molar-refractivity contribution in [3.8, 4) is 11.5 Å². The Labute approximate surface area is 801 Å². The van der Waals surface area contributed by atoms with Crippen molar-refractivity contribution in [2.24, 2.45) is 17.6 Å². The van der Waals surface area contributed by atoms with E-state index in [0.717, 1.165) is 20.8 Å². The fraction of sp³-hybridized carbons (Fsp3) is 0.451. The minimum Gasteiger partial charge on any atom is -0.508 e. The van der Waals surface area contributed by atoms with Crippen molar-refractivity contribution in [2.45, 2.75) is 223 Å². The van der Waals surface area contributed by atoms with Gasteiger partial charge in [0, 0.05) is 104 Å². The first-order valence-corrected chi connectivity index (χ1v) is 47.1. The predicted molar refractivity (Wildman–Crippen MR) is 503 cm³/mol. The van der Waals surface area contributed by atoms with Crippen LogP contribution in [0.1, 0.15) is 127 Å². The molecule has 3 aromatic heterocycles. The van der Waals surface area contributed by atoms with Crippen LogP contribution in [-0.4, -0.2) is 272 Å². The number of carboxylic acids is 2. The van der Waals surface area contributed by atoms with Gasteiger partial charge in [-0.3, -0.25) is 86.3 Å². The molecule has 4 heterocycles. The number of unbranched alkanes of at least 4 members (excludes halogenated alkanes) is 1. The number of nitrogens with two attached hydrogens (primary N) is 1. The van der Waals surface area contributed by atoms with E-state index in [4.69, 9.17) is 5.73 Å². The van der Waals surface area contributed by atoms with Crippen LogP contribution < -0.4 is 90.8 Å². The highest BCUT2D eigenvalue weighted by molar-refractivity contribution is 8.76. The predicted octanol–water partition coefficient (Wildman–Crippen LogP) is -2.26. The van der Waals surface area contributed by atoms with Crippen LogP contribution in [-0.2, 0) is 125 Å². The number of nitrogens with zero attached hydrogens (tertiary/aromatic N) is 2. The minimum atomic E-state index is -2.04. The highest BCUT2D eigenvalue weighted by Crippen LogP contribution is 2.26. The molecule has 8 rings (SSSR count). The van der Waals surface area contributed by atoms with Gasteiger partial charge < -0.3 is 131 Å². The maximum Gasteiger partial charge on any atom is 0.305 e. The van der Waals surface area contributed by atoms with Gasteiger partial charge in [0.2, 0.25) is 94.5 Å². The molecule has 15 atom stereocenters. The van der Waals surface area contributed by atoms with Gasteiger partial charge in [-0.25, -0.2) is 9.97 Å². The number of phenolic OH excluding ortho intramolecular Hbond substituents is 2. The number of hydrogen-bond donors (Lipinski definition) is 25. The number of benzene rings is 4. The maximum atomic E-state index is 15.7. The number of aliphatic hydroxyl groups is 1. The van der Waals surface area contributed by atoms with E-state index in [0.29, 0.717) is 66.9 Å². The summed E-state index contributed by atoms with van der Waals surface area (Å²) < 4.78 is 0. The number of amides is 16. The molecule has 1 fully saturated rings. The van der Waals surface area contributed by atoms with Crippen LogP contribution in [0.2, 0.25) is 0 Å². The van der Waals surface area contributed by atoms with Crippen LogP contribution >= 0.6 is 21.6 Å². The number of aromatic amines is 3. The van der Waals surface area contributed by atoms with Crippen molar-refractivity contribution in [1.82, 2.24) is 110 Å². The van der Waals surface area contributed by atoms with Crippen LogP contribution in [0.25, 0.3) is 10.9 Å². The molecular formula is C91H120N22O23S2. The van der Waals surface area contributed by atoms with Crippen LogP contribution in [0.3, 0.4) is 0 Å². The summed E-state index contributed by atoms with van der Waals surface area (Å²) in [6, 6.07) is 2.55. The highest BCUT2D eigenvalue weighted by Gasteiger charge is 2.41. The van der Waals surface area contributed by atoms with E-state index in [1.54, 1.807) is 80.6 Å². The van der Waals surface area contributed by atoms with E-state index >= 15 is 24.0 Å². The SMILES string of the molecule is CC(=O)N[C@@H](CC(=O)O)C(=O)N[C@H]1CSSC[C@@H](C(=O)N[C@H](C(=O)N[C@@H](Cc2ccccc2)C(=O)N[C@@H](Cc2cnc[nH]2)C(=O)NCc2ccc(O)cc2)[C@@H](C)O)NC(=O)[C@H](Cc2c[nH]c3ccccc23)NC(=O)[C@H](C(C)C)NC(=O)[C@H](CC(C)C)NC(=O)[C@H](CCC(=O)O)NC(=O)CNC(=O)[C@H](CCCCN)NC(=O)[C@H](Cc2cnc[nH]2)NC(=O)[C@H](Cc2ccc(O)cc2)NC(=O)[C@H](C)NC1=O. The van der Waals surface area contributed by atoms with Gasteiger partial charge in [-0.05, 0) is 117 Å². The quantitative estimate of drug-likeness (QED) is 0.0147. The molecule has 0 aliphatic carbocycles. The summed E-state index contributed by atoms with van der Waals surface area (Å²) in [6.45, 7) is 8.87. The lowest BCUT2D eigenvalue weighted by Gasteiger charge is -2.30. The fourth-order valence-corrected chi connectivity index (χ4v) is 16.8. The third-order valence-electron chi connectivity index (χ3n) is 21.9. The molecule has 1 aliphatic heterocycles. The molecule has 0 bridgehead atoms. The molecule has 1 saturated heterocycles. The number of imidazole rings is 2. The molecule has 16 amide bonds. The third-order valence-corrected chi connectivity index (χ3v) is 24.3. The van der Waals surface area contributed by atoms with Crippen LogP contribution in [0.5, 0.6) is 11.5 Å². The molecule has 7 aromatic rings. The van der Waals surface area contributed by atoms with E-state index in [1.165, 1.54) is 81.5 Å². The lowest BCUT2D eigenvalue weighted by molar-refractivity contribution is -0.141. The zero-order valence-corrected chi connectivity index (χ0v) is 78.5. The van der Waals surface area contributed by atoms with E-state index < -0.39 is 259 Å². The van der Waals surface area contributed by atoms with E-state index in [2.05, 4.69) is 110 Å². The molecule has 0 radical (unpaired) electrons. The monoisotopic (exact) mass is 1950 g/mol. The average molecular weight is 1950 g/mol. The van der Waals surface area contributed by atoms with Crippen molar-refractivity contribution >= 4 is 139 Å². The molecule has 1 aliphatic rings. The first-order chi connectivity index (χ1) is 65.7. The normalized spacial score (nSPS) is 20.8. The van der Waals surface area contributed by atoms with Gasteiger partial charge in [0.25, 0.3) is 0 Å². The summed E-state index contributed by atoms with van der Waals surface area (Å²) in [5.74, 6) is -22.6. The van der Waals surface area contributed by atoms with Gasteiger partial charge in [-0.2, -0.15) is 0 Å². The average Bonchev–Trinajstić information content (AvgIpc) is 1.64. The second kappa shape index (κ2) is 54.3. The molecular weight excluding hydrogens is 1830 g/mol. The first-order valence-electron chi connectivity index (χ1n) is 44.6. The lowest BCUT2D eigenvalue weighted by Crippen LogP contribution is -2.63. The fourth-order valence-electron chi connectivity index (χ4n) is 14.5. The van der Waals surface area contributed by atoms with E-state index in [-0.39, 0.29) is 68.8 Å². The Hall–Kier alpha value is -14.5. The number of carbonyl (C=O) groups excluding carboxylic acids is 16. The summed E-state index contributed by atoms with van der Waals surface area (Å²) in [6.07, 6.45) is 1.35. The summed E-state index contributed by atoms with van der Waals surface area (Å²) in [4.78, 5) is 276. The number of aliphatic carboxylic acids is 2. The van der Waals surface area contributed by atoms with E-state index in [9.17, 15) is 87.9 Å². The zero-order valence-electron chi connectivity index (χ0n) is 76.9. The molecule has 26 N–H and O–H groups in total. The van der Waals surface area contributed by atoms with Crippen LogP contribution in [0.4, 0.5) is 0 Å². The molecule has 0 unspecified atom stereocenters. The Morgan fingerprint density at radius 3 is 1.70 bits per heavy atom. The molecule has 45 nitrogen and oxygen atoms in total. The second-order valence-electron chi connectivity index (χ2n) is 33.9. The third kappa shape index (κ3) is 35.6. The van der Waals surface area contributed by atoms with Gasteiger partial charge in [-0.1, -0.05) is 122 Å². The maximum absolute atomic E-state index is 15.7. The lowest BCUT2D eigenvalue weighted by atomic mass is 9.98. The number of nitrogens with one attached hydrogen (secondary N) is 19. The van der Waals surface area contributed by atoms with Crippen molar-refractivity contribution in [3.05, 3.63) is 168 Å². The van der Waals surface area contributed by atoms with Crippen molar-refractivity contribution in [1.29, 1.82) is 0 Å². The standard InChI is InChI=1S/C91H120N22O23S2/c1-47(2)31-64-87(132)112-76(48(3)4)90(135)109-67(34-55-39-95-61-18-12-11-17-60(55)61)84(129)111-72(89(134)113-77(50(6)114)91(136)108-66(32-52-15-9-8-10-16-52)83(128)106-68(35-56-40-93-45-98-56)80(125)96-38-54-22-26-59(117)27-23-54)44-138-137-43-71(110-86(131)70(37-75(121)122)101-51(7)115)88(133)100-49(5)78(123)104-65(33-53-20-24-58(116)25-21-53)82(127)107-69(36-57-41-94-46-99-57)85(130)103-62(19-13-14-30-92)79(124)97-42-73(118)102-63(81(126)105-64)28-29-74(119)120/h8-12,15-18,20-27,39-41,45-50,62-72,76-77,95,114,116-117H,13-14,19,28-38,42-44,92H2,1-7H3,(H,93,98)(H,94,99)(H,96,125)(H,97,124)(H,100,133)(H,101,115)(H,102,118)(H,103,130)(H,104,123)(H,105,126)(H,106,128)(H,107,127)(H,108,136)(H,109,135)(H,110,131)(H,111,129)(H,112,132)(H,113,134)(H,119,120)(H,121,122)/t49-,50+,62-,63-,64-,65-,66-,67-,68-,69-,70-,71-,72-,76-,77-/m0/s1. The number of rotatable bonds is 35. The summed E-state index contributed by atoms with van der Waals surface area (Å²) >= 11 is 0. The number of carboxylic acid groups (broad SMARTS) is 2. The van der Waals surface area contributed by atoms with Gasteiger partial charge in [0.15, 0.2) is 0 Å². The summed E-state index contributed by atoms with van der Waals surface area (Å²) in [7, 11) is 1.39. The molecule has 138 heavy (non-hydrogen) atoms. The van der Waals surface area contributed by atoms with E-state index in [1.807, 2.05) is 0 Å². The van der Waals surface area contributed by atoms with Gasteiger partial charge in [0.05, 0.1) is 31.7 Å². The Morgan fingerprint density at radius 1 is 0.507 bits per heavy atom.